The first-order valence-corrected chi connectivity index (χ1v) is 7.60. The minimum Gasteiger partial charge on any atom is -0.289 e. The van der Waals surface area contributed by atoms with Crippen molar-refractivity contribution in [2.24, 2.45) is 0 Å². The zero-order valence-electron chi connectivity index (χ0n) is 12.3. The van der Waals surface area contributed by atoms with Gasteiger partial charge in [-0.05, 0) is 44.0 Å². The summed E-state index contributed by atoms with van der Waals surface area (Å²) in [6.07, 6.45) is 4.65. The van der Waals surface area contributed by atoms with Gasteiger partial charge in [0, 0.05) is 6.04 Å². The summed E-state index contributed by atoms with van der Waals surface area (Å²) in [6.45, 7) is 3.63. The molecule has 2 heterocycles. The largest absolute Gasteiger partial charge is 0.289 e. The molecule has 1 aliphatic rings. The number of benzene rings is 1. The zero-order chi connectivity index (χ0) is 14.7. The number of hydrogen-bond acceptors (Lipinski definition) is 3. The van der Waals surface area contributed by atoms with Crippen molar-refractivity contribution in [2.75, 3.05) is 6.54 Å². The molecule has 4 nitrogen and oxygen atoms in total. The monoisotopic (exact) mass is 288 g/mol. The minimum absolute atomic E-state index is 0.162. The first-order valence-electron chi connectivity index (χ1n) is 7.60. The molecule has 0 amide bonds. The van der Waals surface area contributed by atoms with Gasteiger partial charge in [-0.25, -0.2) is 9.37 Å². The van der Waals surface area contributed by atoms with Crippen LogP contribution in [0.15, 0.2) is 24.3 Å². The SMILES string of the molecule is Cc1nc(CN2CCCCC[C@H]2c2cccc(F)c2)n[nH]1. The van der Waals surface area contributed by atoms with E-state index in [9.17, 15) is 4.39 Å². The van der Waals surface area contributed by atoms with Crippen LogP contribution in [-0.2, 0) is 6.54 Å². The van der Waals surface area contributed by atoms with Crippen LogP contribution in [0.3, 0.4) is 0 Å². The Morgan fingerprint density at radius 3 is 3.00 bits per heavy atom. The van der Waals surface area contributed by atoms with Gasteiger partial charge in [0.15, 0.2) is 5.82 Å². The number of aromatic nitrogens is 3. The third-order valence-corrected chi connectivity index (χ3v) is 4.09. The molecule has 1 aromatic heterocycles. The normalized spacial score (nSPS) is 20.4. The van der Waals surface area contributed by atoms with Crippen LogP contribution in [0.1, 0.15) is 48.9 Å². The van der Waals surface area contributed by atoms with E-state index in [1.807, 2.05) is 13.0 Å². The van der Waals surface area contributed by atoms with Gasteiger partial charge in [-0.2, -0.15) is 5.10 Å². The second kappa shape index (κ2) is 6.35. The summed E-state index contributed by atoms with van der Waals surface area (Å²) in [5.41, 5.74) is 1.06. The maximum Gasteiger partial charge on any atom is 0.164 e. The molecular formula is C16H21FN4. The summed E-state index contributed by atoms with van der Waals surface area (Å²) in [6, 6.07) is 7.23. The number of nitrogens with zero attached hydrogens (tertiary/aromatic N) is 3. The summed E-state index contributed by atoms with van der Waals surface area (Å²) < 4.78 is 13.5. The Morgan fingerprint density at radius 1 is 1.33 bits per heavy atom. The lowest BCUT2D eigenvalue weighted by Gasteiger charge is -2.29. The van der Waals surface area contributed by atoms with Gasteiger partial charge in [0.05, 0.1) is 6.54 Å². The number of likely N-dealkylation sites (tertiary alicyclic amines) is 1. The fourth-order valence-electron chi connectivity index (χ4n) is 3.09. The van der Waals surface area contributed by atoms with Gasteiger partial charge in [0.2, 0.25) is 0 Å². The summed E-state index contributed by atoms with van der Waals surface area (Å²) in [4.78, 5) is 6.78. The molecule has 2 aromatic rings. The topological polar surface area (TPSA) is 44.8 Å². The van der Waals surface area contributed by atoms with E-state index in [2.05, 4.69) is 20.1 Å². The summed E-state index contributed by atoms with van der Waals surface area (Å²) in [5.74, 6) is 1.49. The van der Waals surface area contributed by atoms with Crippen LogP contribution >= 0.6 is 0 Å². The maximum absolute atomic E-state index is 13.5. The van der Waals surface area contributed by atoms with Crippen LogP contribution in [0.4, 0.5) is 4.39 Å². The highest BCUT2D eigenvalue weighted by molar-refractivity contribution is 5.20. The van der Waals surface area contributed by atoms with Crippen molar-refractivity contribution in [1.29, 1.82) is 0 Å². The van der Waals surface area contributed by atoms with Gasteiger partial charge in [-0.15, -0.1) is 0 Å². The van der Waals surface area contributed by atoms with Gasteiger partial charge in [0.1, 0.15) is 11.6 Å². The number of rotatable bonds is 3. The molecule has 0 aliphatic carbocycles. The summed E-state index contributed by atoms with van der Waals surface area (Å²) >= 11 is 0. The van der Waals surface area contributed by atoms with Crippen LogP contribution in [0, 0.1) is 12.7 Å². The highest BCUT2D eigenvalue weighted by atomic mass is 19.1. The van der Waals surface area contributed by atoms with E-state index in [-0.39, 0.29) is 11.9 Å². The zero-order valence-corrected chi connectivity index (χ0v) is 12.3. The number of aromatic amines is 1. The Balaban J connectivity index is 1.83. The second-order valence-electron chi connectivity index (χ2n) is 5.73. The molecule has 0 bridgehead atoms. The Kier molecular flexibility index (Phi) is 4.29. The molecule has 1 atom stereocenters. The minimum atomic E-state index is -0.162. The van der Waals surface area contributed by atoms with Crippen molar-refractivity contribution in [1.82, 2.24) is 20.1 Å². The van der Waals surface area contributed by atoms with Gasteiger partial charge >= 0.3 is 0 Å². The predicted octanol–water partition coefficient (Wildman–Crippen LogP) is 3.37. The Bertz CT molecular complexity index is 595. The van der Waals surface area contributed by atoms with E-state index in [1.165, 1.54) is 25.3 Å². The number of halogens is 1. The number of hydrogen-bond donors (Lipinski definition) is 1. The Labute approximate surface area is 124 Å². The van der Waals surface area contributed by atoms with Crippen LogP contribution < -0.4 is 0 Å². The lowest BCUT2D eigenvalue weighted by molar-refractivity contribution is 0.187. The maximum atomic E-state index is 13.5. The quantitative estimate of drug-likeness (QED) is 0.941. The molecule has 1 aromatic carbocycles. The van der Waals surface area contributed by atoms with Crippen LogP contribution in [0.5, 0.6) is 0 Å². The van der Waals surface area contributed by atoms with E-state index in [1.54, 1.807) is 12.1 Å². The molecule has 112 valence electrons. The fraction of sp³-hybridized carbons (Fsp3) is 0.500. The third kappa shape index (κ3) is 3.47. The summed E-state index contributed by atoms with van der Waals surface area (Å²) in [5, 5.41) is 7.12. The van der Waals surface area contributed by atoms with Gasteiger partial charge in [-0.3, -0.25) is 10.00 Å². The van der Waals surface area contributed by atoms with Crippen LogP contribution in [0.25, 0.3) is 0 Å². The molecule has 1 aliphatic heterocycles. The van der Waals surface area contributed by atoms with Crippen molar-refractivity contribution in [3.8, 4) is 0 Å². The van der Waals surface area contributed by atoms with E-state index in [0.29, 0.717) is 6.54 Å². The summed E-state index contributed by atoms with van der Waals surface area (Å²) in [7, 11) is 0. The molecule has 5 heteroatoms. The molecule has 1 N–H and O–H groups in total. The second-order valence-corrected chi connectivity index (χ2v) is 5.73. The standard InChI is InChI=1S/C16H21FN4/c1-12-18-16(20-19-12)11-21-9-4-2-3-8-15(21)13-6-5-7-14(17)10-13/h5-7,10,15H,2-4,8-9,11H2,1H3,(H,18,19,20)/t15-/m0/s1. The third-order valence-electron chi connectivity index (χ3n) is 4.09. The van der Waals surface area contributed by atoms with Crippen molar-refractivity contribution < 1.29 is 4.39 Å². The van der Waals surface area contributed by atoms with Crippen molar-refractivity contribution in [3.05, 3.63) is 47.3 Å². The smallest absolute Gasteiger partial charge is 0.164 e. The number of aryl methyl sites for hydroxylation is 1. The van der Waals surface area contributed by atoms with E-state index >= 15 is 0 Å². The van der Waals surface area contributed by atoms with E-state index < -0.39 is 0 Å². The highest BCUT2D eigenvalue weighted by Crippen LogP contribution is 2.31. The number of nitrogens with one attached hydrogen (secondary N) is 1. The molecular weight excluding hydrogens is 267 g/mol. The van der Waals surface area contributed by atoms with Crippen molar-refractivity contribution in [2.45, 2.75) is 45.2 Å². The first-order chi connectivity index (χ1) is 10.2. The fourth-order valence-corrected chi connectivity index (χ4v) is 3.09. The molecule has 0 unspecified atom stereocenters. The number of H-pyrrole nitrogens is 1. The molecule has 1 fully saturated rings. The molecule has 0 spiro atoms. The molecule has 1 saturated heterocycles. The first kappa shape index (κ1) is 14.2. The van der Waals surface area contributed by atoms with Gasteiger partial charge in [0.25, 0.3) is 0 Å². The van der Waals surface area contributed by atoms with Gasteiger partial charge < -0.3 is 0 Å². The lowest BCUT2D eigenvalue weighted by atomic mass is 10.0. The average Bonchev–Trinajstić information content (AvgIpc) is 2.73. The van der Waals surface area contributed by atoms with Crippen molar-refractivity contribution >= 4 is 0 Å². The Hall–Kier alpha value is -1.75. The molecule has 0 radical (unpaired) electrons. The molecule has 0 saturated carbocycles. The lowest BCUT2D eigenvalue weighted by Crippen LogP contribution is -2.28. The molecule has 3 rings (SSSR count). The van der Waals surface area contributed by atoms with Crippen molar-refractivity contribution in [3.63, 3.8) is 0 Å². The van der Waals surface area contributed by atoms with Crippen LogP contribution in [0.2, 0.25) is 0 Å². The van der Waals surface area contributed by atoms with E-state index in [4.69, 9.17) is 0 Å². The van der Waals surface area contributed by atoms with E-state index in [0.717, 1.165) is 30.2 Å². The van der Waals surface area contributed by atoms with Gasteiger partial charge in [-0.1, -0.05) is 25.0 Å². The average molecular weight is 288 g/mol. The molecule has 21 heavy (non-hydrogen) atoms. The van der Waals surface area contributed by atoms with Crippen LogP contribution in [-0.4, -0.2) is 26.6 Å². The Morgan fingerprint density at radius 2 is 2.24 bits per heavy atom. The predicted molar refractivity (Wildman–Crippen MR) is 79.1 cm³/mol. The highest BCUT2D eigenvalue weighted by Gasteiger charge is 2.24.